The second-order valence-electron chi connectivity index (χ2n) is 8.39. The molecule has 0 spiro atoms. The van der Waals surface area contributed by atoms with Crippen LogP contribution in [0.4, 0.5) is 13.2 Å². The van der Waals surface area contributed by atoms with E-state index >= 15 is 0 Å². The monoisotopic (exact) mass is 424 g/mol. The molecule has 162 valence electrons. The van der Waals surface area contributed by atoms with Crippen LogP contribution in [0.25, 0.3) is 22.3 Å². The predicted octanol–water partition coefficient (Wildman–Crippen LogP) is 7.81. The maximum atomic E-state index is 14.9. The van der Waals surface area contributed by atoms with E-state index in [-0.39, 0.29) is 22.9 Å². The topological polar surface area (TPSA) is 9.23 Å². The van der Waals surface area contributed by atoms with Gasteiger partial charge in [-0.25, -0.2) is 13.2 Å². The average molecular weight is 425 g/mol. The van der Waals surface area contributed by atoms with Crippen molar-refractivity contribution in [2.75, 3.05) is 6.61 Å². The molecule has 0 bridgehead atoms. The number of hydrogen-bond donors (Lipinski definition) is 0. The molecule has 4 rings (SSSR count). The molecular weight excluding hydrogens is 397 g/mol. The van der Waals surface area contributed by atoms with E-state index < -0.39 is 11.6 Å². The number of benzene rings is 3. The lowest BCUT2D eigenvalue weighted by atomic mass is 9.89. The van der Waals surface area contributed by atoms with Crippen molar-refractivity contribution in [2.45, 2.75) is 51.6 Å². The minimum absolute atomic E-state index is 0.198. The predicted molar refractivity (Wildman–Crippen MR) is 119 cm³/mol. The molecule has 1 saturated heterocycles. The molecule has 1 aliphatic rings. The van der Waals surface area contributed by atoms with E-state index in [0.29, 0.717) is 29.4 Å². The zero-order valence-electron chi connectivity index (χ0n) is 17.9. The molecule has 0 radical (unpaired) electrons. The Bertz CT molecular complexity index is 1050. The molecule has 31 heavy (non-hydrogen) atoms. The Morgan fingerprint density at radius 2 is 1.52 bits per heavy atom. The van der Waals surface area contributed by atoms with Gasteiger partial charge in [0.2, 0.25) is 0 Å². The van der Waals surface area contributed by atoms with Gasteiger partial charge < -0.3 is 4.74 Å². The fourth-order valence-electron chi connectivity index (χ4n) is 4.34. The molecule has 0 amide bonds. The summed E-state index contributed by atoms with van der Waals surface area (Å²) in [6.45, 7) is 4.32. The third-order valence-corrected chi connectivity index (χ3v) is 6.23. The van der Waals surface area contributed by atoms with Crippen LogP contribution in [0.2, 0.25) is 0 Å². The Labute approximate surface area is 181 Å². The minimum Gasteiger partial charge on any atom is -0.378 e. The fourth-order valence-corrected chi connectivity index (χ4v) is 4.34. The highest BCUT2D eigenvalue weighted by molar-refractivity contribution is 5.71. The number of aryl methyl sites for hydroxylation is 1. The molecule has 1 nitrogen and oxygen atoms in total. The van der Waals surface area contributed by atoms with Gasteiger partial charge >= 0.3 is 0 Å². The van der Waals surface area contributed by atoms with Crippen LogP contribution >= 0.6 is 0 Å². The first kappa shape index (κ1) is 21.6. The molecule has 0 aromatic heterocycles. The lowest BCUT2D eigenvalue weighted by Crippen LogP contribution is -2.24. The maximum absolute atomic E-state index is 14.9. The van der Waals surface area contributed by atoms with Crippen LogP contribution in [0.15, 0.2) is 54.6 Å². The van der Waals surface area contributed by atoms with E-state index in [4.69, 9.17) is 4.74 Å². The Hall–Kier alpha value is -2.59. The fraction of sp³-hybridized carbons (Fsp3) is 0.333. The first-order chi connectivity index (χ1) is 15.0. The van der Waals surface area contributed by atoms with Crippen molar-refractivity contribution in [1.29, 1.82) is 0 Å². The van der Waals surface area contributed by atoms with Gasteiger partial charge in [0.1, 0.15) is 5.82 Å². The highest BCUT2D eigenvalue weighted by atomic mass is 19.2. The van der Waals surface area contributed by atoms with Gasteiger partial charge in [-0.2, -0.15) is 0 Å². The zero-order chi connectivity index (χ0) is 22.0. The maximum Gasteiger partial charge on any atom is 0.166 e. The molecule has 2 unspecified atom stereocenters. The van der Waals surface area contributed by atoms with E-state index in [1.54, 1.807) is 48.5 Å². The summed E-state index contributed by atoms with van der Waals surface area (Å²) in [7, 11) is 0. The summed E-state index contributed by atoms with van der Waals surface area (Å²) >= 11 is 0. The van der Waals surface area contributed by atoms with Gasteiger partial charge in [-0.3, -0.25) is 0 Å². The van der Waals surface area contributed by atoms with Crippen molar-refractivity contribution < 1.29 is 17.9 Å². The molecule has 2 atom stereocenters. The molecule has 4 heteroatoms. The first-order valence-electron chi connectivity index (χ1n) is 10.9. The van der Waals surface area contributed by atoms with Crippen molar-refractivity contribution in [3.63, 3.8) is 0 Å². The number of halogens is 3. The molecular formula is C27H27F3O. The number of ether oxygens (including phenoxy) is 1. The van der Waals surface area contributed by atoms with Crippen LogP contribution < -0.4 is 0 Å². The SMILES string of the molecule is CCCC1CCC(c2ccc(-c3ccc(-c4ccc(C)c(F)c4F)cc3)c(F)c2)CO1. The van der Waals surface area contributed by atoms with Gasteiger partial charge in [0, 0.05) is 17.0 Å². The lowest BCUT2D eigenvalue weighted by molar-refractivity contribution is -0.00115. The summed E-state index contributed by atoms with van der Waals surface area (Å²) in [5.74, 6) is -1.76. The second-order valence-corrected chi connectivity index (χ2v) is 8.39. The third-order valence-electron chi connectivity index (χ3n) is 6.23. The highest BCUT2D eigenvalue weighted by Gasteiger charge is 2.23. The van der Waals surface area contributed by atoms with Crippen molar-refractivity contribution in [3.05, 3.63) is 83.2 Å². The van der Waals surface area contributed by atoms with Gasteiger partial charge in [-0.15, -0.1) is 0 Å². The minimum atomic E-state index is -0.862. The van der Waals surface area contributed by atoms with E-state index in [1.807, 2.05) is 6.07 Å². The molecule has 1 aliphatic heterocycles. The Balaban J connectivity index is 1.52. The van der Waals surface area contributed by atoms with Crippen molar-refractivity contribution >= 4 is 0 Å². The Morgan fingerprint density at radius 3 is 2.13 bits per heavy atom. The van der Waals surface area contributed by atoms with Gasteiger partial charge in [-0.1, -0.05) is 61.9 Å². The third kappa shape index (κ3) is 4.54. The van der Waals surface area contributed by atoms with E-state index in [9.17, 15) is 13.2 Å². The van der Waals surface area contributed by atoms with Crippen LogP contribution in [-0.2, 0) is 4.74 Å². The van der Waals surface area contributed by atoms with Gasteiger partial charge in [-0.05, 0) is 54.5 Å². The van der Waals surface area contributed by atoms with Crippen LogP contribution in [-0.4, -0.2) is 12.7 Å². The lowest BCUT2D eigenvalue weighted by Gasteiger charge is -2.29. The standard InChI is InChI=1S/C27H27F3O/c1-3-4-22-12-10-21(16-31-22)20-11-14-23(25(28)15-20)18-6-8-19(9-7-18)24-13-5-17(2)26(29)27(24)30/h5-9,11,13-15,21-22H,3-4,10,12,16H2,1-2H3. The number of hydrogen-bond acceptors (Lipinski definition) is 1. The smallest absolute Gasteiger partial charge is 0.166 e. The largest absolute Gasteiger partial charge is 0.378 e. The molecule has 1 fully saturated rings. The molecule has 3 aromatic carbocycles. The Morgan fingerprint density at radius 1 is 0.839 bits per heavy atom. The molecule has 0 N–H and O–H groups in total. The van der Waals surface area contributed by atoms with Gasteiger partial charge in [0.15, 0.2) is 11.6 Å². The number of rotatable bonds is 5. The van der Waals surface area contributed by atoms with Crippen LogP contribution in [0.1, 0.15) is 49.7 Å². The van der Waals surface area contributed by atoms with E-state index in [2.05, 4.69) is 6.92 Å². The summed E-state index contributed by atoms with van der Waals surface area (Å²) in [4.78, 5) is 0. The summed E-state index contributed by atoms with van der Waals surface area (Å²) in [5.41, 5.74) is 3.17. The van der Waals surface area contributed by atoms with Crippen molar-refractivity contribution in [1.82, 2.24) is 0 Å². The van der Waals surface area contributed by atoms with Crippen LogP contribution in [0.3, 0.4) is 0 Å². The summed E-state index contributed by atoms with van der Waals surface area (Å²) in [6, 6.07) is 15.4. The summed E-state index contributed by atoms with van der Waals surface area (Å²) < 4.78 is 49.0. The zero-order valence-corrected chi connectivity index (χ0v) is 17.9. The van der Waals surface area contributed by atoms with Crippen molar-refractivity contribution in [3.8, 4) is 22.3 Å². The molecule has 1 heterocycles. The second kappa shape index (κ2) is 9.27. The molecule has 0 aliphatic carbocycles. The highest BCUT2D eigenvalue weighted by Crippen LogP contribution is 2.34. The van der Waals surface area contributed by atoms with E-state index in [0.717, 1.165) is 31.2 Å². The first-order valence-corrected chi connectivity index (χ1v) is 10.9. The quantitative estimate of drug-likeness (QED) is 0.406. The average Bonchev–Trinajstić information content (AvgIpc) is 2.79. The normalized spacial score (nSPS) is 18.9. The van der Waals surface area contributed by atoms with Gasteiger partial charge in [0.05, 0.1) is 12.7 Å². The van der Waals surface area contributed by atoms with Crippen LogP contribution in [0, 0.1) is 24.4 Å². The van der Waals surface area contributed by atoms with E-state index in [1.165, 1.54) is 6.92 Å². The van der Waals surface area contributed by atoms with Crippen LogP contribution in [0.5, 0.6) is 0 Å². The summed E-state index contributed by atoms with van der Waals surface area (Å²) in [5, 5.41) is 0. The molecule has 0 saturated carbocycles. The summed E-state index contributed by atoms with van der Waals surface area (Å²) in [6.07, 6.45) is 4.55. The van der Waals surface area contributed by atoms with Gasteiger partial charge in [0.25, 0.3) is 0 Å². The molecule has 3 aromatic rings. The Kier molecular flexibility index (Phi) is 6.47. The van der Waals surface area contributed by atoms with Crippen molar-refractivity contribution in [2.24, 2.45) is 0 Å².